The molecule has 124 valence electrons. The summed E-state index contributed by atoms with van der Waals surface area (Å²) in [5, 5.41) is 0.559. The fraction of sp³-hybridized carbons (Fsp3) is 0.733. The van der Waals surface area contributed by atoms with Gasteiger partial charge in [-0.15, -0.1) is 6.58 Å². The summed E-state index contributed by atoms with van der Waals surface area (Å²) < 4.78 is 23.8. The molecule has 7 heteroatoms. The highest BCUT2D eigenvalue weighted by Gasteiger charge is 2.40. The van der Waals surface area contributed by atoms with Crippen LogP contribution < -0.4 is 0 Å². The highest BCUT2D eigenvalue weighted by atomic mass is 32.2. The van der Waals surface area contributed by atoms with Crippen LogP contribution in [-0.2, 0) is 9.47 Å². The Kier molecular flexibility index (Phi) is 5.50. The summed E-state index contributed by atoms with van der Waals surface area (Å²) in [5.41, 5.74) is -0.803. The van der Waals surface area contributed by atoms with E-state index in [0.29, 0.717) is 18.1 Å². The molecule has 2 heterocycles. The van der Waals surface area contributed by atoms with Gasteiger partial charge in [-0.2, -0.15) is 0 Å². The van der Waals surface area contributed by atoms with Gasteiger partial charge in [0, 0.05) is 6.54 Å². The zero-order chi connectivity index (χ0) is 16.3. The van der Waals surface area contributed by atoms with Gasteiger partial charge in [0.2, 0.25) is 0 Å². The molecule has 0 aromatic rings. The number of nitrogens with zero attached hydrogens (tertiary/aromatic N) is 2. The highest BCUT2D eigenvalue weighted by molar-refractivity contribution is 8.14. The van der Waals surface area contributed by atoms with Crippen LogP contribution in [0.4, 0.5) is 9.18 Å². The molecule has 0 saturated carbocycles. The average Bonchev–Trinajstić information content (AvgIpc) is 2.84. The Labute approximate surface area is 134 Å². The number of aliphatic imine (C=N–C) groups is 1. The smallest absolute Gasteiger partial charge is 0.416 e. The Morgan fingerprint density at radius 1 is 1.59 bits per heavy atom. The number of carbonyl (C=O) groups is 1. The molecule has 1 fully saturated rings. The molecule has 0 aromatic heterocycles. The predicted octanol–water partition coefficient (Wildman–Crippen LogP) is 3.36. The minimum atomic E-state index is -0.580. The lowest BCUT2D eigenvalue weighted by Gasteiger charge is -2.29. The standard InChI is InChI=1S/C15H23FN2O3S/c1-5-8-18(14(19)21-15(2,3)4)13-17-11-7-6-10(9-16)20-12(11)22-13/h5,10-12H,1,6-9H2,2-4H3/t10-,11+,12+/m0/s1. The zero-order valence-electron chi connectivity index (χ0n) is 13.3. The summed E-state index contributed by atoms with van der Waals surface area (Å²) in [4.78, 5) is 18.3. The van der Waals surface area contributed by atoms with E-state index in [4.69, 9.17) is 9.47 Å². The number of alkyl halides is 1. The number of thioether (sulfide) groups is 1. The molecular formula is C15H23FN2O3S. The van der Waals surface area contributed by atoms with Gasteiger partial charge in [-0.1, -0.05) is 17.8 Å². The van der Waals surface area contributed by atoms with Gasteiger partial charge >= 0.3 is 6.09 Å². The van der Waals surface area contributed by atoms with Gasteiger partial charge in [0.1, 0.15) is 17.7 Å². The first-order valence-corrected chi connectivity index (χ1v) is 8.29. The van der Waals surface area contributed by atoms with Gasteiger partial charge in [0.25, 0.3) is 0 Å². The maximum atomic E-state index is 12.8. The van der Waals surface area contributed by atoms with Crippen molar-refractivity contribution in [2.75, 3.05) is 13.2 Å². The van der Waals surface area contributed by atoms with E-state index in [-0.39, 0.29) is 17.6 Å². The Morgan fingerprint density at radius 3 is 2.91 bits per heavy atom. The van der Waals surface area contributed by atoms with Gasteiger partial charge < -0.3 is 9.47 Å². The molecule has 2 rings (SSSR count). The fourth-order valence-corrected chi connectivity index (χ4v) is 3.52. The molecule has 0 radical (unpaired) electrons. The topological polar surface area (TPSA) is 51.1 Å². The number of halogens is 1. The molecular weight excluding hydrogens is 307 g/mol. The SMILES string of the molecule is C=CCN(C(=O)OC(C)(C)C)C1=N[C@@H]2CC[C@@H](CF)O[C@@H]2S1. The van der Waals surface area contributed by atoms with Gasteiger partial charge in [-0.05, 0) is 33.6 Å². The molecule has 5 nitrogen and oxygen atoms in total. The van der Waals surface area contributed by atoms with Crippen LogP contribution in [0.3, 0.4) is 0 Å². The second-order valence-corrected chi connectivity index (χ2v) is 7.40. The first-order valence-electron chi connectivity index (χ1n) is 7.41. The van der Waals surface area contributed by atoms with Gasteiger partial charge in [-0.3, -0.25) is 9.89 Å². The normalized spacial score (nSPS) is 27.8. The largest absolute Gasteiger partial charge is 0.443 e. The zero-order valence-corrected chi connectivity index (χ0v) is 14.1. The number of hydrogen-bond donors (Lipinski definition) is 0. The number of hydrogen-bond acceptors (Lipinski definition) is 5. The number of carbonyl (C=O) groups excluding carboxylic acids is 1. The minimum Gasteiger partial charge on any atom is -0.443 e. The van der Waals surface area contributed by atoms with E-state index >= 15 is 0 Å². The number of fused-ring (bicyclic) bond motifs is 1. The molecule has 0 spiro atoms. The van der Waals surface area contributed by atoms with Gasteiger partial charge in [0.05, 0.1) is 12.1 Å². The van der Waals surface area contributed by atoms with Crippen molar-refractivity contribution < 1.29 is 18.7 Å². The van der Waals surface area contributed by atoms with Crippen LogP contribution in [-0.4, -0.2) is 52.6 Å². The van der Waals surface area contributed by atoms with E-state index in [0.717, 1.165) is 6.42 Å². The third-order valence-electron chi connectivity index (χ3n) is 3.25. The van der Waals surface area contributed by atoms with Crippen molar-refractivity contribution in [2.24, 2.45) is 4.99 Å². The Morgan fingerprint density at radius 2 is 2.32 bits per heavy atom. The molecule has 0 unspecified atom stereocenters. The summed E-state index contributed by atoms with van der Waals surface area (Å²) in [5.74, 6) is 0. The molecule has 2 aliphatic heterocycles. The van der Waals surface area contributed by atoms with Crippen LogP contribution in [0.2, 0.25) is 0 Å². The van der Waals surface area contributed by atoms with E-state index in [9.17, 15) is 9.18 Å². The van der Waals surface area contributed by atoms with Crippen molar-refractivity contribution in [2.45, 2.75) is 56.8 Å². The lowest BCUT2D eigenvalue weighted by atomic mass is 10.1. The molecule has 0 aliphatic carbocycles. The molecule has 3 atom stereocenters. The number of amides is 1. The molecule has 0 N–H and O–H groups in total. The quantitative estimate of drug-likeness (QED) is 0.745. The third-order valence-corrected chi connectivity index (χ3v) is 4.45. The van der Waals surface area contributed by atoms with Crippen LogP contribution in [0.5, 0.6) is 0 Å². The second-order valence-electron chi connectivity index (χ2n) is 6.33. The van der Waals surface area contributed by atoms with Crippen LogP contribution in [0.15, 0.2) is 17.6 Å². The maximum Gasteiger partial charge on any atom is 0.416 e. The van der Waals surface area contributed by atoms with E-state index in [1.54, 1.807) is 6.08 Å². The highest BCUT2D eigenvalue weighted by Crippen LogP contribution is 2.37. The first kappa shape index (κ1) is 17.3. The van der Waals surface area contributed by atoms with Crippen molar-refractivity contribution >= 4 is 23.0 Å². The van der Waals surface area contributed by atoms with Crippen LogP contribution in [0, 0.1) is 0 Å². The molecule has 1 saturated heterocycles. The number of rotatable bonds is 3. The Hall–Kier alpha value is -1.08. The summed E-state index contributed by atoms with van der Waals surface area (Å²) in [6.07, 6.45) is 2.23. The average molecular weight is 330 g/mol. The molecule has 0 bridgehead atoms. The predicted molar refractivity (Wildman–Crippen MR) is 85.8 cm³/mol. The van der Waals surface area contributed by atoms with Crippen LogP contribution in [0.25, 0.3) is 0 Å². The van der Waals surface area contributed by atoms with E-state index in [2.05, 4.69) is 11.6 Å². The van der Waals surface area contributed by atoms with E-state index in [1.807, 2.05) is 20.8 Å². The molecule has 22 heavy (non-hydrogen) atoms. The number of amidine groups is 1. The van der Waals surface area contributed by atoms with Crippen molar-refractivity contribution in [1.82, 2.24) is 4.90 Å². The summed E-state index contributed by atoms with van der Waals surface area (Å²) in [7, 11) is 0. The Bertz CT molecular complexity index is 464. The molecule has 2 aliphatic rings. The summed E-state index contributed by atoms with van der Waals surface area (Å²) >= 11 is 1.35. The van der Waals surface area contributed by atoms with Crippen molar-refractivity contribution in [3.05, 3.63) is 12.7 Å². The third kappa shape index (κ3) is 4.23. The lowest BCUT2D eigenvalue weighted by molar-refractivity contribution is -0.0239. The van der Waals surface area contributed by atoms with Gasteiger partial charge in [0.15, 0.2) is 5.17 Å². The fourth-order valence-electron chi connectivity index (χ4n) is 2.27. The van der Waals surface area contributed by atoms with Crippen molar-refractivity contribution in [3.8, 4) is 0 Å². The monoisotopic (exact) mass is 330 g/mol. The minimum absolute atomic E-state index is 0.0300. The lowest BCUT2D eigenvalue weighted by Crippen LogP contribution is -2.39. The van der Waals surface area contributed by atoms with Crippen molar-refractivity contribution in [1.29, 1.82) is 0 Å². The molecule has 1 amide bonds. The Balaban J connectivity index is 2.07. The number of ether oxygens (including phenoxy) is 2. The van der Waals surface area contributed by atoms with Gasteiger partial charge in [-0.25, -0.2) is 9.18 Å². The van der Waals surface area contributed by atoms with Crippen LogP contribution in [0.1, 0.15) is 33.6 Å². The van der Waals surface area contributed by atoms with Crippen molar-refractivity contribution in [3.63, 3.8) is 0 Å². The maximum absolute atomic E-state index is 12.8. The second kappa shape index (κ2) is 7.00. The van der Waals surface area contributed by atoms with Crippen LogP contribution >= 0.6 is 11.8 Å². The van der Waals surface area contributed by atoms with E-state index in [1.165, 1.54) is 16.7 Å². The first-order chi connectivity index (χ1) is 10.3. The van der Waals surface area contributed by atoms with E-state index < -0.39 is 18.4 Å². The molecule has 0 aromatic carbocycles. The summed E-state index contributed by atoms with van der Waals surface area (Å²) in [6.45, 7) is 8.94. The summed E-state index contributed by atoms with van der Waals surface area (Å²) in [6, 6.07) is -0.0300.